The van der Waals surface area contributed by atoms with E-state index in [1.165, 1.54) is 0 Å². The van der Waals surface area contributed by atoms with Crippen molar-refractivity contribution in [3.05, 3.63) is 28.7 Å². The number of carboxylic acid groups (broad SMARTS) is 1. The van der Waals surface area contributed by atoms with Gasteiger partial charge in [0.1, 0.15) is 0 Å². The lowest BCUT2D eigenvalue weighted by molar-refractivity contribution is -0.137. The average molecular weight is 356 g/mol. The fraction of sp³-hybridized carbons (Fsp3) is 0.429. The predicted octanol–water partition coefficient (Wildman–Crippen LogP) is 2.07. The van der Waals surface area contributed by atoms with Crippen LogP contribution in [0.4, 0.5) is 10.5 Å². The highest BCUT2D eigenvalue weighted by molar-refractivity contribution is 9.10. The quantitative estimate of drug-likeness (QED) is 0.867. The second kappa shape index (κ2) is 7.42. The molecule has 0 spiro atoms. The molecular weight excluding hydrogens is 338 g/mol. The number of nitrogens with one attached hydrogen (secondary N) is 1. The van der Waals surface area contributed by atoms with Crippen LogP contribution in [0.1, 0.15) is 6.42 Å². The van der Waals surface area contributed by atoms with Crippen molar-refractivity contribution in [2.45, 2.75) is 6.42 Å². The van der Waals surface area contributed by atoms with E-state index in [0.29, 0.717) is 32.7 Å². The first-order chi connectivity index (χ1) is 10.0. The molecule has 0 radical (unpaired) electrons. The summed E-state index contributed by atoms with van der Waals surface area (Å²) >= 11 is 3.35. The molecule has 2 amide bonds. The maximum Gasteiger partial charge on any atom is 0.321 e. The lowest BCUT2D eigenvalue weighted by Gasteiger charge is -2.34. The van der Waals surface area contributed by atoms with Gasteiger partial charge in [-0.3, -0.25) is 9.69 Å². The summed E-state index contributed by atoms with van der Waals surface area (Å²) in [7, 11) is 0. The summed E-state index contributed by atoms with van der Waals surface area (Å²) in [5.41, 5.74) is 0.761. The number of carbonyl (C=O) groups is 2. The molecule has 2 N–H and O–H groups in total. The van der Waals surface area contributed by atoms with Gasteiger partial charge in [0.15, 0.2) is 0 Å². The highest BCUT2D eigenvalue weighted by Gasteiger charge is 2.21. The molecule has 1 aliphatic rings. The summed E-state index contributed by atoms with van der Waals surface area (Å²) in [6, 6.07) is 7.31. The van der Waals surface area contributed by atoms with E-state index >= 15 is 0 Å². The molecular formula is C14H18BrN3O3. The minimum absolute atomic E-state index is 0.116. The lowest BCUT2D eigenvalue weighted by atomic mass is 10.3. The Morgan fingerprint density at radius 1 is 1.14 bits per heavy atom. The molecule has 1 fully saturated rings. The van der Waals surface area contributed by atoms with Crippen LogP contribution in [-0.2, 0) is 4.79 Å². The summed E-state index contributed by atoms with van der Waals surface area (Å²) < 4.78 is 0.965. The van der Waals surface area contributed by atoms with Crippen LogP contribution >= 0.6 is 15.9 Å². The van der Waals surface area contributed by atoms with Crippen LogP contribution in [0.2, 0.25) is 0 Å². The Morgan fingerprint density at radius 3 is 2.33 bits per heavy atom. The van der Waals surface area contributed by atoms with Gasteiger partial charge in [0, 0.05) is 42.9 Å². The van der Waals surface area contributed by atoms with Gasteiger partial charge < -0.3 is 15.3 Å². The van der Waals surface area contributed by atoms with E-state index < -0.39 is 5.97 Å². The summed E-state index contributed by atoms with van der Waals surface area (Å²) in [4.78, 5) is 26.5. The van der Waals surface area contributed by atoms with E-state index in [0.717, 1.165) is 10.2 Å². The van der Waals surface area contributed by atoms with Crippen molar-refractivity contribution >= 4 is 33.6 Å². The van der Waals surface area contributed by atoms with Crippen LogP contribution in [0.5, 0.6) is 0 Å². The lowest BCUT2D eigenvalue weighted by Crippen LogP contribution is -2.50. The molecule has 0 unspecified atom stereocenters. The first-order valence-electron chi connectivity index (χ1n) is 6.80. The molecule has 0 saturated carbocycles. The second-order valence-corrected chi connectivity index (χ2v) is 5.83. The van der Waals surface area contributed by atoms with E-state index in [9.17, 15) is 9.59 Å². The third kappa shape index (κ3) is 5.02. The van der Waals surface area contributed by atoms with E-state index in [-0.39, 0.29) is 12.5 Å². The Hall–Kier alpha value is -1.60. The molecule has 0 aliphatic carbocycles. The SMILES string of the molecule is O=C(O)CCN1CCN(C(=O)Nc2ccc(Br)cc2)CC1. The Balaban J connectivity index is 1.77. The minimum Gasteiger partial charge on any atom is -0.481 e. The largest absolute Gasteiger partial charge is 0.481 e. The van der Waals surface area contributed by atoms with Crippen molar-refractivity contribution in [1.82, 2.24) is 9.80 Å². The number of amides is 2. The summed E-state index contributed by atoms with van der Waals surface area (Å²) in [5.74, 6) is -0.787. The fourth-order valence-corrected chi connectivity index (χ4v) is 2.43. The fourth-order valence-electron chi connectivity index (χ4n) is 2.16. The minimum atomic E-state index is -0.787. The number of urea groups is 1. The topological polar surface area (TPSA) is 72.9 Å². The molecule has 1 saturated heterocycles. The third-order valence-electron chi connectivity index (χ3n) is 3.40. The molecule has 114 valence electrons. The number of nitrogens with zero attached hydrogens (tertiary/aromatic N) is 2. The summed E-state index contributed by atoms with van der Waals surface area (Å²) in [6.45, 7) is 3.18. The number of aliphatic carboxylic acids is 1. The van der Waals surface area contributed by atoms with Gasteiger partial charge >= 0.3 is 12.0 Å². The van der Waals surface area contributed by atoms with E-state index in [2.05, 4.69) is 26.1 Å². The third-order valence-corrected chi connectivity index (χ3v) is 3.93. The molecule has 1 aliphatic heterocycles. The number of benzene rings is 1. The zero-order chi connectivity index (χ0) is 15.2. The predicted molar refractivity (Wildman–Crippen MR) is 83.4 cm³/mol. The van der Waals surface area contributed by atoms with Gasteiger partial charge in [-0.15, -0.1) is 0 Å². The molecule has 0 aromatic heterocycles. The number of anilines is 1. The Morgan fingerprint density at radius 2 is 1.76 bits per heavy atom. The standard InChI is InChI=1S/C14H18BrN3O3/c15-11-1-3-12(4-2-11)16-14(21)18-9-7-17(8-10-18)6-5-13(19)20/h1-4H,5-10H2,(H,16,21)(H,19,20). The van der Waals surface area contributed by atoms with E-state index in [4.69, 9.17) is 5.11 Å². The van der Waals surface area contributed by atoms with Gasteiger partial charge in [0.05, 0.1) is 6.42 Å². The Kier molecular flexibility index (Phi) is 5.58. The first kappa shape index (κ1) is 15.8. The van der Waals surface area contributed by atoms with Crippen LogP contribution in [0.15, 0.2) is 28.7 Å². The average Bonchev–Trinajstić information content (AvgIpc) is 2.48. The zero-order valence-corrected chi connectivity index (χ0v) is 13.2. The van der Waals surface area contributed by atoms with Crippen molar-refractivity contribution in [2.24, 2.45) is 0 Å². The Labute approximate surface area is 131 Å². The first-order valence-corrected chi connectivity index (χ1v) is 7.59. The van der Waals surface area contributed by atoms with Crippen LogP contribution in [0, 0.1) is 0 Å². The van der Waals surface area contributed by atoms with Crippen LogP contribution < -0.4 is 5.32 Å². The van der Waals surface area contributed by atoms with Gasteiger partial charge in [0.25, 0.3) is 0 Å². The van der Waals surface area contributed by atoms with Gasteiger partial charge in [-0.25, -0.2) is 4.79 Å². The molecule has 2 rings (SSSR count). The van der Waals surface area contributed by atoms with Crippen LogP contribution in [0.25, 0.3) is 0 Å². The summed E-state index contributed by atoms with van der Waals surface area (Å²) in [6.07, 6.45) is 0.144. The van der Waals surface area contributed by atoms with Gasteiger partial charge in [0.2, 0.25) is 0 Å². The number of carboxylic acids is 1. The molecule has 0 bridgehead atoms. The second-order valence-electron chi connectivity index (χ2n) is 4.91. The van der Waals surface area contributed by atoms with Gasteiger partial charge in [-0.1, -0.05) is 15.9 Å². The number of rotatable bonds is 4. The van der Waals surface area contributed by atoms with E-state index in [1.807, 2.05) is 24.3 Å². The normalized spacial score (nSPS) is 15.8. The zero-order valence-electron chi connectivity index (χ0n) is 11.6. The molecule has 1 aromatic carbocycles. The van der Waals surface area contributed by atoms with Crippen molar-refractivity contribution in [3.8, 4) is 0 Å². The Bertz CT molecular complexity index is 499. The number of piperazine rings is 1. The maximum absolute atomic E-state index is 12.1. The van der Waals surface area contributed by atoms with Crippen molar-refractivity contribution in [1.29, 1.82) is 0 Å². The smallest absolute Gasteiger partial charge is 0.321 e. The highest BCUT2D eigenvalue weighted by Crippen LogP contribution is 2.15. The van der Waals surface area contributed by atoms with Crippen LogP contribution in [0.3, 0.4) is 0 Å². The van der Waals surface area contributed by atoms with Crippen molar-refractivity contribution < 1.29 is 14.7 Å². The number of halogens is 1. The maximum atomic E-state index is 12.1. The van der Waals surface area contributed by atoms with Gasteiger partial charge in [-0.05, 0) is 24.3 Å². The number of hydrogen-bond acceptors (Lipinski definition) is 3. The summed E-state index contributed by atoms with van der Waals surface area (Å²) in [5, 5.41) is 11.5. The van der Waals surface area contributed by atoms with Crippen molar-refractivity contribution in [2.75, 3.05) is 38.0 Å². The molecule has 1 aromatic rings. The molecule has 7 heteroatoms. The molecule has 1 heterocycles. The number of carbonyl (C=O) groups excluding carboxylic acids is 1. The number of hydrogen-bond donors (Lipinski definition) is 2. The van der Waals surface area contributed by atoms with Crippen molar-refractivity contribution in [3.63, 3.8) is 0 Å². The highest BCUT2D eigenvalue weighted by atomic mass is 79.9. The molecule has 21 heavy (non-hydrogen) atoms. The molecule has 6 nitrogen and oxygen atoms in total. The van der Waals surface area contributed by atoms with Crippen LogP contribution in [-0.4, -0.2) is 59.6 Å². The van der Waals surface area contributed by atoms with Gasteiger partial charge in [-0.2, -0.15) is 0 Å². The van der Waals surface area contributed by atoms with E-state index in [1.54, 1.807) is 4.90 Å². The molecule has 0 atom stereocenters. The monoisotopic (exact) mass is 355 g/mol.